The standard InChI is InChI=1S/C22H24N4O4/c1-22(2,3)17-9-7-16(8-10-17)14-25-20(11-12-23-25)24-21(27)15-30-19-6-4-5-18(13-19)26(28)29/h4-13H,14-15H2,1-3H3,(H,24,27). The molecule has 0 aliphatic heterocycles. The highest BCUT2D eigenvalue weighted by Gasteiger charge is 2.14. The number of nitro benzene ring substituents is 1. The van der Waals surface area contributed by atoms with Crippen molar-refractivity contribution in [3.05, 3.63) is 82.0 Å². The van der Waals surface area contributed by atoms with Crippen LogP contribution >= 0.6 is 0 Å². The first-order chi connectivity index (χ1) is 14.2. The second-order valence-corrected chi connectivity index (χ2v) is 7.91. The lowest BCUT2D eigenvalue weighted by atomic mass is 9.87. The number of nitro groups is 1. The van der Waals surface area contributed by atoms with Gasteiger partial charge in [0.2, 0.25) is 0 Å². The molecule has 1 heterocycles. The van der Waals surface area contributed by atoms with Gasteiger partial charge in [0.15, 0.2) is 6.61 Å². The Morgan fingerprint density at radius 2 is 1.90 bits per heavy atom. The quantitative estimate of drug-likeness (QED) is 0.468. The van der Waals surface area contributed by atoms with E-state index in [0.717, 1.165) is 5.56 Å². The van der Waals surface area contributed by atoms with E-state index in [1.54, 1.807) is 23.0 Å². The Morgan fingerprint density at radius 3 is 2.57 bits per heavy atom. The molecule has 1 amide bonds. The van der Waals surface area contributed by atoms with Crippen LogP contribution in [-0.4, -0.2) is 27.2 Å². The van der Waals surface area contributed by atoms with Crippen LogP contribution in [0.3, 0.4) is 0 Å². The highest BCUT2D eigenvalue weighted by atomic mass is 16.6. The van der Waals surface area contributed by atoms with E-state index in [4.69, 9.17) is 4.74 Å². The fourth-order valence-corrected chi connectivity index (χ4v) is 2.86. The normalized spacial score (nSPS) is 11.2. The van der Waals surface area contributed by atoms with Crippen LogP contribution in [0.2, 0.25) is 0 Å². The monoisotopic (exact) mass is 408 g/mol. The van der Waals surface area contributed by atoms with E-state index >= 15 is 0 Å². The molecule has 8 nitrogen and oxygen atoms in total. The largest absolute Gasteiger partial charge is 0.484 e. The van der Waals surface area contributed by atoms with Gasteiger partial charge in [-0.15, -0.1) is 0 Å². The van der Waals surface area contributed by atoms with Crippen LogP contribution in [0.5, 0.6) is 5.75 Å². The van der Waals surface area contributed by atoms with Crippen molar-refractivity contribution < 1.29 is 14.5 Å². The van der Waals surface area contributed by atoms with E-state index in [2.05, 4.69) is 55.5 Å². The van der Waals surface area contributed by atoms with E-state index in [1.807, 2.05) is 0 Å². The molecule has 2 aromatic carbocycles. The number of hydrogen-bond donors (Lipinski definition) is 1. The predicted octanol–water partition coefficient (Wildman–Crippen LogP) is 4.15. The van der Waals surface area contributed by atoms with E-state index in [-0.39, 0.29) is 29.4 Å². The molecule has 0 bridgehead atoms. The van der Waals surface area contributed by atoms with Crippen molar-refractivity contribution in [2.45, 2.75) is 32.7 Å². The van der Waals surface area contributed by atoms with Gasteiger partial charge >= 0.3 is 0 Å². The number of benzene rings is 2. The van der Waals surface area contributed by atoms with Gasteiger partial charge in [-0.25, -0.2) is 4.68 Å². The third-order valence-corrected chi connectivity index (χ3v) is 4.53. The molecule has 0 spiro atoms. The van der Waals surface area contributed by atoms with Crippen molar-refractivity contribution in [1.82, 2.24) is 9.78 Å². The molecule has 0 atom stereocenters. The average molecular weight is 408 g/mol. The molecule has 0 aliphatic carbocycles. The summed E-state index contributed by atoms with van der Waals surface area (Å²) in [6.45, 7) is 6.74. The number of non-ortho nitro benzene ring substituents is 1. The molecule has 0 aliphatic rings. The van der Waals surface area contributed by atoms with Crippen molar-refractivity contribution in [3.8, 4) is 5.75 Å². The molecular weight excluding hydrogens is 384 g/mol. The van der Waals surface area contributed by atoms with Gasteiger partial charge in [-0.2, -0.15) is 5.10 Å². The first-order valence-corrected chi connectivity index (χ1v) is 9.51. The molecule has 0 unspecified atom stereocenters. The summed E-state index contributed by atoms with van der Waals surface area (Å²) in [6, 6.07) is 15.7. The number of nitrogens with one attached hydrogen (secondary N) is 1. The van der Waals surface area contributed by atoms with Gasteiger partial charge in [0.1, 0.15) is 11.6 Å². The number of rotatable bonds is 7. The summed E-state index contributed by atoms with van der Waals surface area (Å²) in [5.74, 6) is 0.417. The smallest absolute Gasteiger partial charge is 0.273 e. The van der Waals surface area contributed by atoms with Crippen molar-refractivity contribution in [3.63, 3.8) is 0 Å². The zero-order valence-electron chi connectivity index (χ0n) is 17.2. The minimum atomic E-state index is -0.514. The average Bonchev–Trinajstić information content (AvgIpc) is 3.13. The first-order valence-electron chi connectivity index (χ1n) is 9.51. The lowest BCUT2D eigenvalue weighted by molar-refractivity contribution is -0.384. The first kappa shape index (κ1) is 21.0. The summed E-state index contributed by atoms with van der Waals surface area (Å²) in [6.07, 6.45) is 1.61. The van der Waals surface area contributed by atoms with Gasteiger partial charge in [0, 0.05) is 12.1 Å². The molecule has 3 rings (SSSR count). The van der Waals surface area contributed by atoms with Gasteiger partial charge in [-0.1, -0.05) is 51.1 Å². The minimum absolute atomic E-state index is 0.0859. The molecule has 0 saturated carbocycles. The number of hydrogen-bond acceptors (Lipinski definition) is 5. The Hall–Kier alpha value is -3.68. The molecule has 8 heteroatoms. The van der Waals surface area contributed by atoms with Gasteiger partial charge in [0.05, 0.1) is 23.7 Å². The third kappa shape index (κ3) is 5.44. The minimum Gasteiger partial charge on any atom is -0.484 e. The van der Waals surface area contributed by atoms with E-state index < -0.39 is 4.92 Å². The number of amides is 1. The Balaban J connectivity index is 1.59. The maximum atomic E-state index is 12.3. The maximum absolute atomic E-state index is 12.3. The van der Waals surface area contributed by atoms with Crippen molar-refractivity contribution in [2.75, 3.05) is 11.9 Å². The molecule has 1 N–H and O–H groups in total. The predicted molar refractivity (Wildman–Crippen MR) is 114 cm³/mol. The Morgan fingerprint density at radius 1 is 1.17 bits per heavy atom. The molecule has 156 valence electrons. The van der Waals surface area contributed by atoms with Crippen molar-refractivity contribution >= 4 is 17.4 Å². The van der Waals surface area contributed by atoms with Crippen LogP contribution in [0.4, 0.5) is 11.5 Å². The number of nitrogens with zero attached hydrogens (tertiary/aromatic N) is 3. The summed E-state index contributed by atoms with van der Waals surface area (Å²) < 4.78 is 7.06. The highest BCUT2D eigenvalue weighted by Crippen LogP contribution is 2.23. The Labute approximate surface area is 174 Å². The van der Waals surface area contributed by atoms with Crippen molar-refractivity contribution in [2.24, 2.45) is 0 Å². The molecular formula is C22H24N4O4. The van der Waals surface area contributed by atoms with Crippen LogP contribution in [0.1, 0.15) is 31.9 Å². The summed E-state index contributed by atoms with van der Waals surface area (Å²) in [4.78, 5) is 22.6. The number of ether oxygens (including phenoxy) is 1. The van der Waals surface area contributed by atoms with E-state index in [9.17, 15) is 14.9 Å². The summed E-state index contributed by atoms with van der Waals surface area (Å²) in [5.41, 5.74) is 2.31. The van der Waals surface area contributed by atoms with Gasteiger partial charge in [0.25, 0.3) is 11.6 Å². The molecule has 0 radical (unpaired) electrons. The fraction of sp³-hybridized carbons (Fsp3) is 0.273. The molecule has 0 saturated heterocycles. The van der Waals surface area contributed by atoms with Crippen LogP contribution < -0.4 is 10.1 Å². The number of carbonyl (C=O) groups excluding carboxylic acids is 1. The van der Waals surface area contributed by atoms with Crippen molar-refractivity contribution in [1.29, 1.82) is 0 Å². The summed E-state index contributed by atoms with van der Waals surface area (Å²) in [7, 11) is 0. The second-order valence-electron chi connectivity index (χ2n) is 7.91. The van der Waals surface area contributed by atoms with Crippen LogP contribution in [0.15, 0.2) is 60.8 Å². The topological polar surface area (TPSA) is 99.3 Å². The highest BCUT2D eigenvalue weighted by molar-refractivity contribution is 5.91. The van der Waals surface area contributed by atoms with Crippen LogP contribution in [0.25, 0.3) is 0 Å². The molecule has 0 fully saturated rings. The third-order valence-electron chi connectivity index (χ3n) is 4.53. The maximum Gasteiger partial charge on any atom is 0.273 e. The van der Waals surface area contributed by atoms with E-state index in [0.29, 0.717) is 12.4 Å². The number of anilines is 1. The van der Waals surface area contributed by atoms with Gasteiger partial charge in [-0.05, 0) is 22.6 Å². The zero-order chi connectivity index (χ0) is 21.7. The summed E-state index contributed by atoms with van der Waals surface area (Å²) in [5, 5.41) is 17.8. The van der Waals surface area contributed by atoms with Gasteiger partial charge < -0.3 is 10.1 Å². The number of carbonyl (C=O) groups is 1. The summed E-state index contributed by atoms with van der Waals surface area (Å²) >= 11 is 0. The van der Waals surface area contributed by atoms with E-state index in [1.165, 1.54) is 23.8 Å². The van der Waals surface area contributed by atoms with Gasteiger partial charge in [-0.3, -0.25) is 14.9 Å². The Kier molecular flexibility index (Phi) is 6.15. The molecule has 30 heavy (non-hydrogen) atoms. The lowest BCUT2D eigenvalue weighted by Gasteiger charge is -2.19. The SMILES string of the molecule is CC(C)(C)c1ccc(Cn2nccc2NC(=O)COc2cccc([N+](=O)[O-])c2)cc1. The lowest BCUT2D eigenvalue weighted by Crippen LogP contribution is -2.22. The Bertz CT molecular complexity index is 1040. The molecule has 3 aromatic rings. The van der Waals surface area contributed by atoms with Crippen LogP contribution in [0, 0.1) is 10.1 Å². The molecule has 1 aromatic heterocycles. The zero-order valence-corrected chi connectivity index (χ0v) is 17.2. The number of aromatic nitrogens is 2. The van der Waals surface area contributed by atoms with Crippen LogP contribution in [-0.2, 0) is 16.8 Å². The second kappa shape index (κ2) is 8.77. The fourth-order valence-electron chi connectivity index (χ4n) is 2.86.